The first kappa shape index (κ1) is 38.0. The number of pyridine rings is 1. The third-order valence-corrected chi connectivity index (χ3v) is 8.73. The number of para-hydroxylation sites is 1. The van der Waals surface area contributed by atoms with E-state index < -0.39 is 0 Å². The van der Waals surface area contributed by atoms with Crippen molar-refractivity contribution in [2.75, 3.05) is 84.5 Å². The lowest BCUT2D eigenvalue weighted by Crippen LogP contribution is -2.49. The quantitative estimate of drug-likeness (QED) is 0.114. The molecular formula is C35H55N9O5. The molecule has 6 N–H and O–H groups in total. The van der Waals surface area contributed by atoms with Gasteiger partial charge in [-0.15, -0.1) is 0 Å². The molecule has 3 heterocycles. The van der Waals surface area contributed by atoms with Gasteiger partial charge in [0.1, 0.15) is 11.3 Å². The summed E-state index contributed by atoms with van der Waals surface area (Å²) < 4.78 is 13.2. The van der Waals surface area contributed by atoms with Crippen molar-refractivity contribution >= 4 is 45.5 Å². The maximum atomic E-state index is 12.6. The van der Waals surface area contributed by atoms with Gasteiger partial charge >= 0.3 is 0 Å². The van der Waals surface area contributed by atoms with E-state index in [9.17, 15) is 14.4 Å². The van der Waals surface area contributed by atoms with Crippen molar-refractivity contribution in [3.63, 3.8) is 0 Å². The number of rotatable bonds is 22. The summed E-state index contributed by atoms with van der Waals surface area (Å²) in [6.45, 7) is 9.42. The number of piperazine rings is 1. The van der Waals surface area contributed by atoms with Crippen LogP contribution in [0.4, 0.5) is 5.82 Å². The molecule has 3 aromatic rings. The second-order valence-corrected chi connectivity index (χ2v) is 12.4. The number of nitrogens with two attached hydrogens (primary N) is 2. The third kappa shape index (κ3) is 11.9. The average Bonchev–Trinajstić information content (AvgIpc) is 3.48. The Morgan fingerprint density at radius 1 is 0.837 bits per heavy atom. The molecule has 1 aliphatic rings. The summed E-state index contributed by atoms with van der Waals surface area (Å²) in [5.41, 5.74) is 14.4. The van der Waals surface area contributed by atoms with E-state index in [1.165, 1.54) is 0 Å². The highest BCUT2D eigenvalue weighted by molar-refractivity contribution is 6.06. The van der Waals surface area contributed by atoms with Crippen molar-refractivity contribution in [3.05, 3.63) is 30.1 Å². The molecule has 0 radical (unpaired) electrons. The highest BCUT2D eigenvalue weighted by Gasteiger charge is 2.21. The molecule has 0 bridgehead atoms. The maximum Gasteiger partial charge on any atom is 0.224 e. The summed E-state index contributed by atoms with van der Waals surface area (Å²) in [5.74, 6) is 1.56. The number of ether oxygens (including phenoxy) is 2. The number of aromatic nitrogens is 3. The van der Waals surface area contributed by atoms with Crippen LogP contribution >= 0.6 is 0 Å². The Labute approximate surface area is 289 Å². The summed E-state index contributed by atoms with van der Waals surface area (Å²) in [4.78, 5) is 50.1. The number of nitrogens with zero attached hydrogens (tertiary/aromatic N) is 5. The molecule has 1 saturated heterocycles. The number of nitrogen functional groups attached to an aromatic ring is 1. The Morgan fingerprint density at radius 2 is 1.57 bits per heavy atom. The Bertz CT molecular complexity index is 1490. The minimum Gasteiger partial charge on any atom is -0.382 e. The Kier molecular flexibility index (Phi) is 16.0. The number of benzene rings is 1. The number of nitrogens with one attached hydrogen (secondary N) is 2. The highest BCUT2D eigenvalue weighted by atomic mass is 16.5. The van der Waals surface area contributed by atoms with E-state index in [4.69, 9.17) is 25.9 Å². The van der Waals surface area contributed by atoms with E-state index in [0.29, 0.717) is 90.8 Å². The average molecular weight is 682 g/mol. The molecule has 3 amide bonds. The maximum absolute atomic E-state index is 12.6. The molecule has 2 aromatic heterocycles. The molecular weight excluding hydrogens is 626 g/mol. The fourth-order valence-electron chi connectivity index (χ4n) is 5.98. The van der Waals surface area contributed by atoms with E-state index in [-0.39, 0.29) is 17.7 Å². The number of unbranched alkanes of at least 4 members (excludes halogenated alkanes) is 2. The van der Waals surface area contributed by atoms with Crippen LogP contribution in [0.5, 0.6) is 0 Å². The van der Waals surface area contributed by atoms with Crippen LogP contribution in [0.3, 0.4) is 0 Å². The predicted molar refractivity (Wildman–Crippen MR) is 191 cm³/mol. The number of hydrogen-bond donors (Lipinski definition) is 4. The van der Waals surface area contributed by atoms with Gasteiger partial charge in [-0.3, -0.25) is 19.3 Å². The van der Waals surface area contributed by atoms with Crippen LogP contribution in [-0.2, 0) is 36.8 Å². The second kappa shape index (κ2) is 20.6. The van der Waals surface area contributed by atoms with Crippen LogP contribution < -0.4 is 22.1 Å². The number of amides is 3. The van der Waals surface area contributed by atoms with Gasteiger partial charge in [0.25, 0.3) is 0 Å². The number of carbonyl (C=O) groups is 3. The Morgan fingerprint density at radius 3 is 2.35 bits per heavy atom. The van der Waals surface area contributed by atoms with Gasteiger partial charge < -0.3 is 41.0 Å². The lowest BCUT2D eigenvalue weighted by atomic mass is 10.2. The van der Waals surface area contributed by atoms with Crippen molar-refractivity contribution in [2.45, 2.75) is 64.8 Å². The Balaban J connectivity index is 1.07. The number of anilines is 1. The van der Waals surface area contributed by atoms with Crippen molar-refractivity contribution in [2.24, 2.45) is 5.73 Å². The third-order valence-electron chi connectivity index (χ3n) is 8.73. The number of imidazole rings is 1. The van der Waals surface area contributed by atoms with E-state index >= 15 is 0 Å². The van der Waals surface area contributed by atoms with E-state index in [1.54, 1.807) is 0 Å². The van der Waals surface area contributed by atoms with Crippen LogP contribution in [-0.4, -0.2) is 121 Å². The van der Waals surface area contributed by atoms with Gasteiger partial charge in [0, 0.05) is 83.6 Å². The molecule has 0 saturated carbocycles. The first-order chi connectivity index (χ1) is 23.9. The molecule has 1 fully saturated rings. The monoisotopic (exact) mass is 681 g/mol. The molecule has 270 valence electrons. The van der Waals surface area contributed by atoms with Crippen LogP contribution in [0.15, 0.2) is 24.3 Å². The zero-order chi connectivity index (χ0) is 34.8. The van der Waals surface area contributed by atoms with Crippen molar-refractivity contribution < 1.29 is 23.9 Å². The van der Waals surface area contributed by atoms with Gasteiger partial charge in [-0.2, -0.15) is 0 Å². The van der Waals surface area contributed by atoms with Crippen LogP contribution in [0.25, 0.3) is 21.9 Å². The lowest BCUT2D eigenvalue weighted by molar-refractivity contribution is -0.134. The predicted octanol–water partition coefficient (Wildman–Crippen LogP) is 1.83. The van der Waals surface area contributed by atoms with Gasteiger partial charge in [0.05, 0.1) is 43.9 Å². The highest BCUT2D eigenvalue weighted by Crippen LogP contribution is 2.29. The van der Waals surface area contributed by atoms with E-state index in [0.717, 1.165) is 79.5 Å². The molecule has 14 nitrogen and oxygen atoms in total. The first-order valence-corrected chi connectivity index (χ1v) is 17.8. The van der Waals surface area contributed by atoms with Gasteiger partial charge in [-0.25, -0.2) is 9.97 Å². The lowest BCUT2D eigenvalue weighted by Gasteiger charge is -2.34. The molecule has 49 heavy (non-hydrogen) atoms. The normalized spacial score (nSPS) is 13.7. The minimum absolute atomic E-state index is 0.0533. The SMILES string of the molecule is CCCCc1nc2c(N)nc3ccccc3c2n1CCCCNC(=O)CCN1CCN(C(=O)CCOCCOCCNC(=O)CCN)CC1. The summed E-state index contributed by atoms with van der Waals surface area (Å²) in [6.07, 6.45) is 5.90. The van der Waals surface area contributed by atoms with Gasteiger partial charge in [-0.1, -0.05) is 31.5 Å². The molecule has 0 unspecified atom stereocenters. The van der Waals surface area contributed by atoms with E-state index in [2.05, 4.69) is 38.1 Å². The number of aryl methyl sites for hydroxylation is 2. The summed E-state index contributed by atoms with van der Waals surface area (Å²) in [6, 6.07) is 8.06. The minimum atomic E-state index is -0.0821. The van der Waals surface area contributed by atoms with Crippen molar-refractivity contribution in [1.82, 2.24) is 35.0 Å². The fraction of sp³-hybridized carbons (Fsp3) is 0.629. The number of hydrogen-bond acceptors (Lipinski definition) is 10. The molecule has 14 heteroatoms. The van der Waals surface area contributed by atoms with Crippen LogP contribution in [0.2, 0.25) is 0 Å². The van der Waals surface area contributed by atoms with Crippen molar-refractivity contribution in [1.29, 1.82) is 0 Å². The Hall–Kier alpha value is -3.85. The van der Waals surface area contributed by atoms with E-state index in [1.807, 2.05) is 23.1 Å². The topological polar surface area (TPSA) is 183 Å². The summed E-state index contributed by atoms with van der Waals surface area (Å²) >= 11 is 0. The van der Waals surface area contributed by atoms with Gasteiger partial charge in [0.2, 0.25) is 17.7 Å². The first-order valence-electron chi connectivity index (χ1n) is 17.8. The second-order valence-electron chi connectivity index (χ2n) is 12.4. The van der Waals surface area contributed by atoms with Crippen LogP contribution in [0, 0.1) is 0 Å². The zero-order valence-corrected chi connectivity index (χ0v) is 29.1. The summed E-state index contributed by atoms with van der Waals surface area (Å²) in [5, 5.41) is 6.86. The fourth-order valence-corrected chi connectivity index (χ4v) is 5.98. The molecule has 0 atom stereocenters. The smallest absolute Gasteiger partial charge is 0.224 e. The molecule has 0 spiro atoms. The largest absolute Gasteiger partial charge is 0.382 e. The molecule has 4 rings (SSSR count). The standard InChI is InChI=1S/C35H55N9O5/c1-2-3-10-29-41-33-34(27-8-4-5-9-28(27)40-35(33)37)44(29)17-7-6-15-38-31(46)12-18-42-19-21-43(22-20-42)32(47)13-23-48-25-26-49-24-16-39-30(45)11-14-36/h4-5,8-9H,2-3,6-7,10-26,36H2,1H3,(H2,37,40)(H,38,46)(H,39,45). The summed E-state index contributed by atoms with van der Waals surface area (Å²) in [7, 11) is 0. The molecule has 0 aliphatic carbocycles. The van der Waals surface area contributed by atoms with Crippen LogP contribution in [0.1, 0.15) is 57.7 Å². The van der Waals surface area contributed by atoms with Gasteiger partial charge in [0.15, 0.2) is 5.82 Å². The molecule has 1 aromatic carbocycles. The number of carbonyl (C=O) groups excluding carboxylic acids is 3. The number of fused-ring (bicyclic) bond motifs is 3. The van der Waals surface area contributed by atoms with Gasteiger partial charge in [-0.05, 0) is 25.3 Å². The molecule has 1 aliphatic heterocycles. The zero-order valence-electron chi connectivity index (χ0n) is 29.1. The van der Waals surface area contributed by atoms with Crippen molar-refractivity contribution in [3.8, 4) is 0 Å².